The van der Waals surface area contributed by atoms with E-state index in [-0.39, 0.29) is 17.9 Å². The van der Waals surface area contributed by atoms with Gasteiger partial charge in [0.2, 0.25) is 12.2 Å². The molecule has 0 saturated heterocycles. The molecule has 1 aliphatic heterocycles. The topological polar surface area (TPSA) is 128 Å². The van der Waals surface area contributed by atoms with Crippen molar-refractivity contribution in [1.82, 2.24) is 10.6 Å². The van der Waals surface area contributed by atoms with Crippen molar-refractivity contribution < 1.29 is 19.1 Å². The smallest absolute Gasteiger partial charge is 0.262 e. The summed E-state index contributed by atoms with van der Waals surface area (Å²) in [5.74, 6) is 0.0365. The van der Waals surface area contributed by atoms with Crippen LogP contribution in [0.25, 0.3) is 0 Å². The molecule has 3 N–H and O–H groups in total. The number of ether oxygens (including phenoxy) is 2. The van der Waals surface area contributed by atoms with Crippen molar-refractivity contribution in [1.29, 1.82) is 5.26 Å². The summed E-state index contributed by atoms with van der Waals surface area (Å²) in [6.07, 6.45) is 2.79. The van der Waals surface area contributed by atoms with Crippen LogP contribution >= 0.6 is 23.2 Å². The molecule has 1 aliphatic rings. The number of hydrogen-bond acceptors (Lipinski definition) is 6. The number of rotatable bonds is 8. The number of benzene rings is 3. The lowest BCUT2D eigenvalue weighted by atomic mass is 10.0. The normalized spacial score (nSPS) is 14.7. The highest BCUT2D eigenvalue weighted by molar-refractivity contribution is 6.34. The van der Waals surface area contributed by atoms with Crippen molar-refractivity contribution in [3.8, 4) is 11.9 Å². The van der Waals surface area contributed by atoms with Gasteiger partial charge in [-0.2, -0.15) is 5.26 Å². The van der Waals surface area contributed by atoms with Crippen LogP contribution in [0.3, 0.4) is 0 Å². The van der Waals surface area contributed by atoms with Crippen LogP contribution in [-0.2, 0) is 4.74 Å². The molecule has 0 radical (unpaired) electrons. The number of amides is 2. The number of halogens is 2. The number of anilines is 2. The fraction of sp³-hybridized carbons (Fsp3) is 0.267. The van der Waals surface area contributed by atoms with E-state index < -0.39 is 0 Å². The molecule has 0 fully saturated rings. The maximum absolute atomic E-state index is 13.9. The molecular formula is C30H30Cl2N6O4. The minimum absolute atomic E-state index is 0.256. The summed E-state index contributed by atoms with van der Waals surface area (Å²) in [6, 6.07) is 17.0. The molecule has 0 saturated carbocycles. The lowest BCUT2D eigenvalue weighted by Gasteiger charge is -2.25. The molecule has 4 rings (SSSR count). The third-order valence-corrected chi connectivity index (χ3v) is 7.21. The Labute approximate surface area is 254 Å². The van der Waals surface area contributed by atoms with Crippen LogP contribution in [0.15, 0.2) is 65.7 Å². The van der Waals surface area contributed by atoms with Gasteiger partial charge in [-0.15, -0.1) is 4.99 Å². The molecule has 0 aromatic heterocycles. The van der Waals surface area contributed by atoms with Crippen LogP contribution in [0, 0.1) is 11.5 Å². The Hall–Kier alpha value is -4.30. The van der Waals surface area contributed by atoms with E-state index in [1.807, 2.05) is 12.1 Å². The first-order valence-electron chi connectivity index (χ1n) is 13.2. The van der Waals surface area contributed by atoms with Gasteiger partial charge in [0.05, 0.1) is 36.0 Å². The van der Waals surface area contributed by atoms with E-state index in [9.17, 15) is 9.59 Å². The maximum atomic E-state index is 13.9. The summed E-state index contributed by atoms with van der Waals surface area (Å²) < 4.78 is 11.8. The van der Waals surface area contributed by atoms with Crippen LogP contribution in [0.2, 0.25) is 10.0 Å². The fourth-order valence-corrected chi connectivity index (χ4v) is 5.07. The highest BCUT2D eigenvalue weighted by atomic mass is 35.5. The Bertz CT molecular complexity index is 1520. The third-order valence-electron chi connectivity index (χ3n) is 6.64. The van der Waals surface area contributed by atoms with Crippen LogP contribution in [0.5, 0.6) is 5.75 Å². The molecule has 1 heterocycles. The largest absolute Gasteiger partial charge is 0.496 e. The molecule has 0 spiro atoms. The zero-order chi connectivity index (χ0) is 30.1. The number of nitriles is 1. The Morgan fingerprint density at radius 2 is 1.93 bits per heavy atom. The molecule has 3 aromatic rings. The van der Waals surface area contributed by atoms with Gasteiger partial charge in [-0.3, -0.25) is 9.59 Å². The quantitative estimate of drug-likeness (QED) is 0.135. The van der Waals surface area contributed by atoms with Gasteiger partial charge >= 0.3 is 0 Å². The number of nitrogens with zero attached hydrogens (tertiary/aromatic N) is 3. The van der Waals surface area contributed by atoms with E-state index in [0.29, 0.717) is 76.8 Å². The molecule has 10 nitrogen and oxygen atoms in total. The Kier molecular flexibility index (Phi) is 10.6. The molecule has 1 unspecified atom stereocenters. The van der Waals surface area contributed by atoms with Gasteiger partial charge < -0.3 is 30.3 Å². The van der Waals surface area contributed by atoms with Crippen molar-refractivity contribution in [2.45, 2.75) is 18.9 Å². The number of methoxy groups -OCH3 is 1. The lowest BCUT2D eigenvalue weighted by molar-refractivity contribution is 0.0510. The molecule has 2 amide bonds. The number of carbonyl (C=O) groups is 2. The molecule has 0 aliphatic carbocycles. The van der Waals surface area contributed by atoms with Gasteiger partial charge in [0, 0.05) is 48.2 Å². The van der Waals surface area contributed by atoms with Crippen molar-refractivity contribution in [3.05, 3.63) is 87.4 Å². The number of carbonyl (C=O) groups excluding carboxylic acids is 2. The highest BCUT2D eigenvalue weighted by Crippen LogP contribution is 2.38. The van der Waals surface area contributed by atoms with E-state index in [2.05, 4.69) is 20.9 Å². The predicted molar refractivity (Wildman–Crippen MR) is 164 cm³/mol. The van der Waals surface area contributed by atoms with Crippen molar-refractivity contribution in [2.24, 2.45) is 4.99 Å². The van der Waals surface area contributed by atoms with Crippen LogP contribution in [0.1, 0.15) is 45.2 Å². The Balaban J connectivity index is 1.53. The van der Waals surface area contributed by atoms with E-state index in [0.717, 1.165) is 5.56 Å². The van der Waals surface area contributed by atoms with Crippen LogP contribution in [-0.4, -0.2) is 51.6 Å². The molecule has 218 valence electrons. The average molecular weight is 610 g/mol. The second-order valence-electron chi connectivity index (χ2n) is 9.25. The van der Waals surface area contributed by atoms with Crippen molar-refractivity contribution in [3.63, 3.8) is 0 Å². The fourth-order valence-electron chi connectivity index (χ4n) is 4.66. The summed E-state index contributed by atoms with van der Waals surface area (Å²) in [6.45, 7) is 1.22. The van der Waals surface area contributed by atoms with Crippen molar-refractivity contribution in [2.75, 3.05) is 44.1 Å². The number of nitrogens with one attached hydrogen (secondary N) is 3. The van der Waals surface area contributed by atoms with E-state index in [4.69, 9.17) is 37.9 Å². The second kappa shape index (κ2) is 14.5. The Morgan fingerprint density at radius 3 is 2.67 bits per heavy atom. The first-order chi connectivity index (χ1) is 20.4. The monoisotopic (exact) mass is 608 g/mol. The minimum atomic E-state index is -0.374. The molecule has 0 bridgehead atoms. The van der Waals surface area contributed by atoms with E-state index in [1.165, 1.54) is 7.11 Å². The minimum Gasteiger partial charge on any atom is -0.496 e. The first-order valence-corrected chi connectivity index (χ1v) is 14.0. The summed E-state index contributed by atoms with van der Waals surface area (Å²) in [7, 11) is 3.14. The lowest BCUT2D eigenvalue weighted by Crippen LogP contribution is -2.36. The number of hydrogen-bond donors (Lipinski definition) is 3. The summed E-state index contributed by atoms with van der Waals surface area (Å²) in [5, 5.41) is 18.2. The van der Waals surface area contributed by atoms with Gasteiger partial charge in [-0.05, 0) is 55.3 Å². The van der Waals surface area contributed by atoms with Crippen molar-refractivity contribution >= 4 is 52.4 Å². The van der Waals surface area contributed by atoms with Gasteiger partial charge in [0.25, 0.3) is 11.8 Å². The molecular weight excluding hydrogens is 579 g/mol. The summed E-state index contributed by atoms with van der Waals surface area (Å²) in [5.41, 5.74) is 2.63. The molecule has 42 heavy (non-hydrogen) atoms. The first kappa shape index (κ1) is 30.7. The number of aliphatic imine (C=N–C) groups is 1. The van der Waals surface area contributed by atoms with E-state index >= 15 is 0 Å². The van der Waals surface area contributed by atoms with Gasteiger partial charge in [-0.25, -0.2) is 0 Å². The molecule has 3 aromatic carbocycles. The van der Waals surface area contributed by atoms with Gasteiger partial charge in [0.1, 0.15) is 5.75 Å². The molecule has 12 heteroatoms. The SMILES string of the molecule is CN/C(=N/C#N)NCCOC1CCCN(C(=O)c2ccc(NC(=O)c3ccccc3Cl)cc2OC)c2ccc(Cl)cc21. The zero-order valence-electron chi connectivity index (χ0n) is 23.1. The maximum Gasteiger partial charge on any atom is 0.262 e. The Morgan fingerprint density at radius 1 is 1.12 bits per heavy atom. The zero-order valence-corrected chi connectivity index (χ0v) is 24.6. The second-order valence-corrected chi connectivity index (χ2v) is 10.1. The van der Waals surface area contributed by atoms with Gasteiger partial charge in [-0.1, -0.05) is 35.3 Å². The molecule has 1 atom stereocenters. The van der Waals surface area contributed by atoms with Gasteiger partial charge in [0.15, 0.2) is 0 Å². The predicted octanol–water partition coefficient (Wildman–Crippen LogP) is 5.40. The third kappa shape index (κ3) is 7.31. The highest BCUT2D eigenvalue weighted by Gasteiger charge is 2.29. The number of guanidine groups is 1. The van der Waals surface area contributed by atoms with Crippen LogP contribution in [0.4, 0.5) is 11.4 Å². The summed E-state index contributed by atoms with van der Waals surface area (Å²) in [4.78, 5) is 32.0. The standard InChI is InChI=1S/C30H30Cl2N6O4/c1-34-30(36-18-33)35-13-15-42-26-8-5-14-38(25-12-9-19(31)16-23(25)26)29(40)22-11-10-20(17-27(22)41-2)37-28(39)21-6-3-4-7-24(21)32/h3-4,6-7,9-12,16-17,26H,5,8,13-15H2,1-2H3,(H,37,39)(H2,34,35,36). The summed E-state index contributed by atoms with van der Waals surface area (Å²) >= 11 is 12.5. The number of fused-ring (bicyclic) bond motifs is 1. The van der Waals surface area contributed by atoms with E-state index in [1.54, 1.807) is 66.7 Å². The average Bonchev–Trinajstić information content (AvgIpc) is 3.17. The van der Waals surface area contributed by atoms with Crippen LogP contribution < -0.4 is 25.6 Å².